The molecule has 0 radical (unpaired) electrons. The molecule has 0 spiro atoms. The maximum atomic E-state index is 12.8. The first kappa shape index (κ1) is 23.2. The van der Waals surface area contributed by atoms with E-state index < -0.39 is 15.9 Å². The highest BCUT2D eigenvalue weighted by Crippen LogP contribution is 2.27. The van der Waals surface area contributed by atoms with Gasteiger partial charge in [-0.3, -0.25) is 9.59 Å². The number of ketones is 1. The molecule has 1 fully saturated rings. The van der Waals surface area contributed by atoms with Crippen molar-refractivity contribution in [2.75, 3.05) is 38.2 Å². The van der Waals surface area contributed by atoms with Gasteiger partial charge in [-0.25, -0.2) is 8.42 Å². The molecule has 1 saturated heterocycles. The fourth-order valence-corrected chi connectivity index (χ4v) is 4.57. The molecule has 10 heteroatoms. The number of hydrogen-bond acceptors (Lipinski definition) is 6. The van der Waals surface area contributed by atoms with E-state index in [1.54, 1.807) is 31.2 Å². The van der Waals surface area contributed by atoms with Crippen LogP contribution < -0.4 is 10.1 Å². The van der Waals surface area contributed by atoms with Crippen LogP contribution in [0.2, 0.25) is 5.02 Å². The first-order valence-electron chi connectivity index (χ1n) is 9.74. The van der Waals surface area contributed by atoms with E-state index in [4.69, 9.17) is 21.1 Å². The van der Waals surface area contributed by atoms with Crippen molar-refractivity contribution in [1.29, 1.82) is 0 Å². The first-order chi connectivity index (χ1) is 14.8. The molecule has 0 saturated carbocycles. The maximum Gasteiger partial charge on any atom is 0.262 e. The number of ether oxygens (including phenoxy) is 2. The van der Waals surface area contributed by atoms with Gasteiger partial charge in [0.2, 0.25) is 10.0 Å². The number of nitrogens with one attached hydrogen (secondary N) is 1. The monoisotopic (exact) mass is 466 g/mol. The molecule has 1 heterocycles. The van der Waals surface area contributed by atoms with Crippen LogP contribution in [0.4, 0.5) is 5.69 Å². The topological polar surface area (TPSA) is 102 Å². The van der Waals surface area contributed by atoms with Crippen molar-refractivity contribution in [3.63, 3.8) is 0 Å². The molecular weight excluding hydrogens is 444 g/mol. The second-order valence-electron chi connectivity index (χ2n) is 6.80. The Labute approximate surface area is 186 Å². The van der Waals surface area contributed by atoms with E-state index in [1.165, 1.54) is 22.5 Å². The highest BCUT2D eigenvalue weighted by molar-refractivity contribution is 7.89. The summed E-state index contributed by atoms with van der Waals surface area (Å²) in [5, 5.41) is 2.78. The molecule has 2 aromatic carbocycles. The fraction of sp³-hybridized carbons (Fsp3) is 0.333. The highest BCUT2D eigenvalue weighted by Gasteiger charge is 2.27. The molecule has 0 aliphatic carbocycles. The minimum atomic E-state index is -3.72. The van der Waals surface area contributed by atoms with Gasteiger partial charge in [0.15, 0.2) is 12.4 Å². The lowest BCUT2D eigenvalue weighted by Gasteiger charge is -2.26. The fourth-order valence-electron chi connectivity index (χ4n) is 2.97. The summed E-state index contributed by atoms with van der Waals surface area (Å²) in [5.74, 6) is -0.0556. The number of benzene rings is 2. The average Bonchev–Trinajstić information content (AvgIpc) is 2.79. The zero-order valence-electron chi connectivity index (χ0n) is 17.0. The van der Waals surface area contributed by atoms with E-state index in [9.17, 15) is 18.0 Å². The van der Waals surface area contributed by atoms with Crippen LogP contribution in [0.25, 0.3) is 0 Å². The van der Waals surface area contributed by atoms with Crippen molar-refractivity contribution in [2.24, 2.45) is 0 Å². The number of hydrogen-bond donors (Lipinski definition) is 1. The molecule has 0 atom stereocenters. The van der Waals surface area contributed by atoms with Gasteiger partial charge in [0.25, 0.3) is 5.91 Å². The Morgan fingerprint density at radius 2 is 1.81 bits per heavy atom. The lowest BCUT2D eigenvalue weighted by molar-refractivity contribution is -0.118. The van der Waals surface area contributed by atoms with E-state index in [0.29, 0.717) is 30.9 Å². The zero-order valence-corrected chi connectivity index (χ0v) is 18.5. The van der Waals surface area contributed by atoms with Gasteiger partial charge in [-0.1, -0.05) is 18.5 Å². The molecule has 3 rings (SSSR count). The summed E-state index contributed by atoms with van der Waals surface area (Å²) in [6.45, 7) is 2.68. The normalized spacial score (nSPS) is 14.8. The molecule has 31 heavy (non-hydrogen) atoms. The number of morpholine rings is 1. The largest absolute Gasteiger partial charge is 0.484 e. The van der Waals surface area contributed by atoms with Gasteiger partial charge in [-0.05, 0) is 42.5 Å². The van der Waals surface area contributed by atoms with Gasteiger partial charge in [-0.2, -0.15) is 4.31 Å². The van der Waals surface area contributed by atoms with Crippen LogP contribution in [0.5, 0.6) is 5.75 Å². The predicted molar refractivity (Wildman–Crippen MR) is 116 cm³/mol. The third-order valence-electron chi connectivity index (χ3n) is 4.69. The van der Waals surface area contributed by atoms with Crippen molar-refractivity contribution >= 4 is 39.0 Å². The summed E-state index contributed by atoms with van der Waals surface area (Å²) in [6.07, 6.45) is 0.406. The van der Waals surface area contributed by atoms with E-state index >= 15 is 0 Å². The number of sulfonamides is 1. The Bertz CT molecular complexity index is 1050. The van der Waals surface area contributed by atoms with Gasteiger partial charge in [0.1, 0.15) is 5.75 Å². The van der Waals surface area contributed by atoms with Crippen molar-refractivity contribution in [1.82, 2.24) is 4.31 Å². The molecule has 8 nitrogen and oxygen atoms in total. The Hall–Kier alpha value is -2.46. The molecule has 166 valence electrons. The molecule has 1 N–H and O–H groups in total. The summed E-state index contributed by atoms with van der Waals surface area (Å²) in [6, 6.07) is 10.6. The molecule has 1 aliphatic heterocycles. The summed E-state index contributed by atoms with van der Waals surface area (Å²) < 4.78 is 37.6. The zero-order chi connectivity index (χ0) is 22.4. The maximum absolute atomic E-state index is 12.8. The minimum Gasteiger partial charge on any atom is -0.484 e. The Morgan fingerprint density at radius 1 is 1.13 bits per heavy atom. The van der Waals surface area contributed by atoms with Gasteiger partial charge in [0.05, 0.1) is 28.8 Å². The van der Waals surface area contributed by atoms with E-state index in [-0.39, 0.29) is 41.1 Å². The van der Waals surface area contributed by atoms with Crippen LogP contribution in [0.1, 0.15) is 23.7 Å². The van der Waals surface area contributed by atoms with Gasteiger partial charge in [0, 0.05) is 25.1 Å². The molecule has 1 amide bonds. The lowest BCUT2D eigenvalue weighted by Crippen LogP contribution is -2.40. The lowest BCUT2D eigenvalue weighted by atomic mass is 10.1. The first-order valence-corrected chi connectivity index (χ1v) is 11.6. The second-order valence-corrected chi connectivity index (χ2v) is 9.14. The number of rotatable bonds is 8. The molecule has 2 aromatic rings. The standard InChI is InChI=1S/C21H23ClN2O6S/c1-2-20(25)15-3-5-16(6-4-15)30-14-21(26)23-19-13-17(7-8-18(19)22)31(27,28)24-9-11-29-12-10-24/h3-8,13H,2,9-12,14H2,1H3,(H,23,26). The summed E-state index contributed by atoms with van der Waals surface area (Å²) in [7, 11) is -3.72. The average molecular weight is 467 g/mol. The van der Waals surface area contributed by atoms with E-state index in [1.807, 2.05) is 0 Å². The summed E-state index contributed by atoms with van der Waals surface area (Å²) in [5.41, 5.74) is 0.748. The van der Waals surface area contributed by atoms with Gasteiger partial charge in [-0.15, -0.1) is 0 Å². The van der Waals surface area contributed by atoms with Gasteiger partial charge >= 0.3 is 0 Å². The number of halogens is 1. The summed E-state index contributed by atoms with van der Waals surface area (Å²) >= 11 is 6.14. The van der Waals surface area contributed by atoms with Crippen LogP contribution in [-0.4, -0.2) is 57.3 Å². The van der Waals surface area contributed by atoms with Crippen molar-refractivity contribution in [3.8, 4) is 5.75 Å². The second kappa shape index (κ2) is 10.2. The predicted octanol–water partition coefficient (Wildman–Crippen LogP) is 2.97. The molecule has 0 bridgehead atoms. The quantitative estimate of drug-likeness (QED) is 0.600. The Kier molecular flexibility index (Phi) is 7.66. The van der Waals surface area contributed by atoms with Crippen molar-refractivity contribution < 1.29 is 27.5 Å². The molecule has 0 unspecified atom stereocenters. The van der Waals surface area contributed by atoms with Crippen LogP contribution >= 0.6 is 11.6 Å². The van der Waals surface area contributed by atoms with Crippen LogP contribution in [0, 0.1) is 0 Å². The van der Waals surface area contributed by atoms with Crippen molar-refractivity contribution in [2.45, 2.75) is 18.2 Å². The van der Waals surface area contributed by atoms with Crippen LogP contribution in [0.15, 0.2) is 47.4 Å². The number of anilines is 1. The minimum absolute atomic E-state index is 0.0193. The SMILES string of the molecule is CCC(=O)c1ccc(OCC(=O)Nc2cc(S(=O)(=O)N3CCOCC3)ccc2Cl)cc1. The van der Waals surface area contributed by atoms with Crippen LogP contribution in [-0.2, 0) is 19.6 Å². The highest BCUT2D eigenvalue weighted by atomic mass is 35.5. The third kappa shape index (κ3) is 5.82. The molecule has 1 aliphatic rings. The number of Topliss-reactive ketones (excluding diaryl/α,β-unsaturated/α-hetero) is 1. The number of nitrogens with zero attached hydrogens (tertiary/aromatic N) is 1. The molecule has 0 aromatic heterocycles. The Morgan fingerprint density at radius 3 is 2.45 bits per heavy atom. The number of carbonyl (C=O) groups excluding carboxylic acids is 2. The molecular formula is C21H23ClN2O6S. The third-order valence-corrected chi connectivity index (χ3v) is 6.91. The summed E-state index contributed by atoms with van der Waals surface area (Å²) in [4.78, 5) is 24.0. The van der Waals surface area contributed by atoms with Gasteiger partial charge < -0.3 is 14.8 Å². The van der Waals surface area contributed by atoms with Crippen molar-refractivity contribution in [3.05, 3.63) is 53.1 Å². The number of amides is 1. The van der Waals surface area contributed by atoms with E-state index in [2.05, 4.69) is 5.32 Å². The smallest absolute Gasteiger partial charge is 0.262 e. The Balaban J connectivity index is 1.64. The van der Waals surface area contributed by atoms with Crippen LogP contribution in [0.3, 0.4) is 0 Å². The number of carbonyl (C=O) groups is 2. The van der Waals surface area contributed by atoms with E-state index in [0.717, 1.165) is 0 Å².